The Morgan fingerprint density at radius 1 is 1.35 bits per heavy atom. The van der Waals surface area contributed by atoms with Gasteiger partial charge in [-0.25, -0.2) is 4.99 Å². The Bertz CT molecular complexity index is 668. The predicted octanol–water partition coefficient (Wildman–Crippen LogP) is 2.67. The molecule has 0 saturated heterocycles. The van der Waals surface area contributed by atoms with Gasteiger partial charge in [0.25, 0.3) is 0 Å². The van der Waals surface area contributed by atoms with Crippen molar-refractivity contribution < 1.29 is 4.79 Å². The number of carbonyl (C=O) groups excluding carboxylic acids is 1. The quantitative estimate of drug-likeness (QED) is 0.783. The molecule has 0 N–H and O–H groups in total. The van der Waals surface area contributed by atoms with Gasteiger partial charge in [-0.15, -0.1) is 0 Å². The van der Waals surface area contributed by atoms with Gasteiger partial charge in [0.2, 0.25) is 5.91 Å². The van der Waals surface area contributed by atoms with Crippen LogP contribution in [0.4, 0.5) is 0 Å². The molecule has 2 aliphatic rings. The number of carbonyl (C=O) groups is 1. The zero-order chi connectivity index (χ0) is 13.9. The number of hydrogen-bond acceptors (Lipinski definition) is 2. The molecule has 4 heteroatoms. The van der Waals surface area contributed by atoms with E-state index in [1.165, 1.54) is 0 Å². The molecule has 2 heterocycles. The lowest BCUT2D eigenvalue weighted by molar-refractivity contribution is -0.117. The highest BCUT2D eigenvalue weighted by atomic mass is 16.1. The fourth-order valence-corrected chi connectivity index (χ4v) is 2.21. The third kappa shape index (κ3) is 2.32. The van der Waals surface area contributed by atoms with Gasteiger partial charge in [-0.1, -0.05) is 37.3 Å². The van der Waals surface area contributed by atoms with E-state index in [9.17, 15) is 4.79 Å². The minimum Gasteiger partial charge on any atom is -0.329 e. The molecule has 1 aromatic rings. The monoisotopic (exact) mass is 265 g/mol. The first-order chi connectivity index (χ1) is 9.78. The Kier molecular flexibility index (Phi) is 3.29. The van der Waals surface area contributed by atoms with Crippen molar-refractivity contribution in [2.75, 3.05) is 0 Å². The third-order valence-electron chi connectivity index (χ3n) is 3.27. The van der Waals surface area contributed by atoms with Crippen LogP contribution < -0.4 is 0 Å². The summed E-state index contributed by atoms with van der Waals surface area (Å²) >= 11 is 0. The lowest BCUT2D eigenvalue weighted by atomic mass is 10.1. The van der Waals surface area contributed by atoms with Gasteiger partial charge in [0.1, 0.15) is 5.84 Å². The minimum absolute atomic E-state index is 0.150. The molecular formula is C16H15N3O. The predicted molar refractivity (Wildman–Crippen MR) is 79.5 cm³/mol. The molecule has 4 nitrogen and oxygen atoms in total. The van der Waals surface area contributed by atoms with Gasteiger partial charge in [0.15, 0.2) is 5.84 Å². The second-order valence-corrected chi connectivity index (χ2v) is 4.64. The van der Waals surface area contributed by atoms with Crippen molar-refractivity contribution in [3.05, 3.63) is 59.8 Å². The van der Waals surface area contributed by atoms with E-state index in [4.69, 9.17) is 0 Å². The van der Waals surface area contributed by atoms with Crippen LogP contribution in [0.15, 0.2) is 58.7 Å². The second-order valence-electron chi connectivity index (χ2n) is 4.64. The van der Waals surface area contributed by atoms with E-state index in [1.54, 1.807) is 6.92 Å². The summed E-state index contributed by atoms with van der Waals surface area (Å²) in [5.74, 6) is 1.17. The molecule has 1 amide bonds. The second kappa shape index (κ2) is 5.25. The zero-order valence-electron chi connectivity index (χ0n) is 11.3. The van der Waals surface area contributed by atoms with E-state index >= 15 is 0 Å². The number of allylic oxidation sites excluding steroid dienone is 2. The standard InChI is InChI=1S/C16H15N3O/c1-2-15(20)18-16-13-8-4-3-7-12(13)11-19-10-6-5-9-14(19)17-16/h3-10H,2,11H2,1H3. The van der Waals surface area contributed by atoms with Gasteiger partial charge >= 0.3 is 0 Å². The first-order valence-electron chi connectivity index (χ1n) is 6.68. The Hall–Kier alpha value is -2.49. The van der Waals surface area contributed by atoms with Crippen LogP contribution in [-0.2, 0) is 11.3 Å². The van der Waals surface area contributed by atoms with Gasteiger partial charge in [0, 0.05) is 24.7 Å². The molecule has 0 aliphatic carbocycles. The lowest BCUT2D eigenvalue weighted by Gasteiger charge is -2.20. The summed E-state index contributed by atoms with van der Waals surface area (Å²) in [4.78, 5) is 22.4. The summed E-state index contributed by atoms with van der Waals surface area (Å²) in [5, 5.41) is 0. The topological polar surface area (TPSA) is 45.0 Å². The summed E-state index contributed by atoms with van der Waals surface area (Å²) in [6, 6.07) is 7.95. The van der Waals surface area contributed by atoms with Crippen molar-refractivity contribution in [1.82, 2.24) is 4.90 Å². The van der Waals surface area contributed by atoms with Gasteiger partial charge in [-0.05, 0) is 17.7 Å². The Morgan fingerprint density at radius 3 is 3.05 bits per heavy atom. The highest BCUT2D eigenvalue weighted by Crippen LogP contribution is 2.20. The SMILES string of the molecule is CCC(=O)N=C1N=C2C=CC=CN2Cc2ccccc21. The molecule has 0 aromatic heterocycles. The number of benzene rings is 1. The zero-order valence-corrected chi connectivity index (χ0v) is 11.3. The van der Waals surface area contributed by atoms with Gasteiger partial charge in [-0.2, -0.15) is 4.99 Å². The molecule has 3 rings (SSSR count). The normalized spacial score (nSPS) is 18.4. The number of hydrogen-bond donors (Lipinski definition) is 0. The highest BCUT2D eigenvalue weighted by Gasteiger charge is 2.20. The van der Waals surface area contributed by atoms with E-state index in [0.29, 0.717) is 12.3 Å². The molecule has 1 aromatic carbocycles. The summed E-state index contributed by atoms with van der Waals surface area (Å²) in [6.07, 6.45) is 8.21. The molecule has 0 radical (unpaired) electrons. The van der Waals surface area contributed by atoms with Crippen molar-refractivity contribution >= 4 is 17.6 Å². The Labute approximate surface area is 117 Å². The van der Waals surface area contributed by atoms with Crippen LogP contribution in [0.25, 0.3) is 0 Å². The Balaban J connectivity index is 2.15. The minimum atomic E-state index is -0.150. The maximum absolute atomic E-state index is 11.7. The van der Waals surface area contributed by atoms with Crippen LogP contribution in [0, 0.1) is 0 Å². The molecule has 0 spiro atoms. The van der Waals surface area contributed by atoms with Crippen molar-refractivity contribution in [2.45, 2.75) is 19.9 Å². The van der Waals surface area contributed by atoms with Crippen molar-refractivity contribution in [2.24, 2.45) is 9.98 Å². The average molecular weight is 265 g/mol. The molecule has 2 aliphatic heterocycles. The van der Waals surface area contributed by atoms with E-state index in [-0.39, 0.29) is 5.91 Å². The molecule has 20 heavy (non-hydrogen) atoms. The fourth-order valence-electron chi connectivity index (χ4n) is 2.21. The number of aliphatic imine (C=N–C) groups is 2. The Morgan fingerprint density at radius 2 is 2.20 bits per heavy atom. The maximum atomic E-state index is 11.7. The summed E-state index contributed by atoms with van der Waals surface area (Å²) in [6.45, 7) is 2.53. The van der Waals surface area contributed by atoms with Crippen LogP contribution in [-0.4, -0.2) is 22.5 Å². The molecule has 0 fully saturated rings. The van der Waals surface area contributed by atoms with Crippen LogP contribution >= 0.6 is 0 Å². The first-order valence-corrected chi connectivity index (χ1v) is 6.68. The largest absolute Gasteiger partial charge is 0.329 e. The summed E-state index contributed by atoms with van der Waals surface area (Å²) in [7, 11) is 0. The lowest BCUT2D eigenvalue weighted by Crippen LogP contribution is -2.24. The average Bonchev–Trinajstić information content (AvgIpc) is 2.63. The van der Waals surface area contributed by atoms with E-state index in [2.05, 4.69) is 14.9 Å². The van der Waals surface area contributed by atoms with Crippen LogP contribution in [0.1, 0.15) is 24.5 Å². The van der Waals surface area contributed by atoms with E-state index in [0.717, 1.165) is 23.5 Å². The molecule has 100 valence electrons. The molecule has 0 atom stereocenters. The molecule has 0 saturated carbocycles. The van der Waals surface area contributed by atoms with Crippen molar-refractivity contribution in [3.63, 3.8) is 0 Å². The summed E-state index contributed by atoms with van der Waals surface area (Å²) in [5.41, 5.74) is 2.05. The smallest absolute Gasteiger partial charge is 0.247 e. The number of fused-ring (bicyclic) bond motifs is 2. The number of rotatable bonds is 1. The molecule has 0 bridgehead atoms. The maximum Gasteiger partial charge on any atom is 0.247 e. The van der Waals surface area contributed by atoms with E-state index < -0.39 is 0 Å². The first kappa shape index (κ1) is 12.5. The van der Waals surface area contributed by atoms with Crippen LogP contribution in [0.2, 0.25) is 0 Å². The third-order valence-corrected chi connectivity index (χ3v) is 3.27. The van der Waals surface area contributed by atoms with E-state index in [1.807, 2.05) is 48.7 Å². The van der Waals surface area contributed by atoms with Gasteiger partial charge in [0.05, 0.1) is 0 Å². The highest BCUT2D eigenvalue weighted by molar-refractivity contribution is 6.14. The number of amidine groups is 2. The molecular weight excluding hydrogens is 250 g/mol. The summed E-state index contributed by atoms with van der Waals surface area (Å²) < 4.78 is 0. The fraction of sp³-hybridized carbons (Fsp3) is 0.188. The van der Waals surface area contributed by atoms with Crippen LogP contribution in [0.3, 0.4) is 0 Å². The van der Waals surface area contributed by atoms with Gasteiger partial charge in [-0.3, -0.25) is 4.79 Å². The molecule has 0 unspecified atom stereocenters. The van der Waals surface area contributed by atoms with Crippen LogP contribution in [0.5, 0.6) is 0 Å². The number of nitrogens with zero attached hydrogens (tertiary/aromatic N) is 3. The van der Waals surface area contributed by atoms with Crippen molar-refractivity contribution in [1.29, 1.82) is 0 Å². The van der Waals surface area contributed by atoms with Gasteiger partial charge < -0.3 is 4.90 Å². The number of amides is 1. The van der Waals surface area contributed by atoms with Crippen molar-refractivity contribution in [3.8, 4) is 0 Å².